The number of amides is 1. The van der Waals surface area contributed by atoms with Gasteiger partial charge in [-0.25, -0.2) is 0 Å². The largest absolute Gasteiger partial charge is 0.442 e. The van der Waals surface area contributed by atoms with Crippen LogP contribution in [-0.2, 0) is 17.5 Å². The molecule has 0 atom stereocenters. The fraction of sp³-hybridized carbons (Fsp3) is 0.333. The Kier molecular flexibility index (Phi) is 5.85. The lowest BCUT2D eigenvalue weighted by molar-refractivity contribution is -0.388. The molecule has 2 rings (SSSR count). The maximum atomic E-state index is 12.9. The Morgan fingerprint density at radius 3 is 2.46 bits per heavy atom. The van der Waals surface area contributed by atoms with E-state index < -0.39 is 47.2 Å². The number of nitro groups is 1. The summed E-state index contributed by atoms with van der Waals surface area (Å²) >= 11 is 0. The third-order valence-corrected chi connectivity index (χ3v) is 3.62. The summed E-state index contributed by atoms with van der Waals surface area (Å²) in [5, 5.41) is 16.4. The molecule has 8 nitrogen and oxygen atoms in total. The number of nitrogens with zero attached hydrogens (tertiary/aromatic N) is 3. The molecule has 0 aliphatic heterocycles. The van der Waals surface area contributed by atoms with Crippen LogP contribution in [-0.4, -0.2) is 27.2 Å². The summed E-state index contributed by atoms with van der Waals surface area (Å²) in [6.07, 6.45) is -5.06. The molecular formula is C15H13F5N4O4. The van der Waals surface area contributed by atoms with Crippen LogP contribution in [0.5, 0.6) is 5.75 Å². The molecular weight excluding hydrogens is 395 g/mol. The maximum absolute atomic E-state index is 12.9. The first-order valence-electron chi connectivity index (χ1n) is 7.54. The van der Waals surface area contributed by atoms with Crippen LogP contribution in [0.15, 0.2) is 18.2 Å². The summed E-state index contributed by atoms with van der Waals surface area (Å²) < 4.78 is 67.9. The summed E-state index contributed by atoms with van der Waals surface area (Å²) in [5.74, 6) is -0.960. The molecule has 2 aromatic rings. The third kappa shape index (κ3) is 4.72. The van der Waals surface area contributed by atoms with Gasteiger partial charge < -0.3 is 10.1 Å². The van der Waals surface area contributed by atoms with Gasteiger partial charge in [-0.3, -0.25) is 19.6 Å². The van der Waals surface area contributed by atoms with E-state index in [1.165, 1.54) is 25.1 Å². The van der Waals surface area contributed by atoms with E-state index in [0.29, 0.717) is 10.2 Å². The van der Waals surface area contributed by atoms with Gasteiger partial charge in [0.05, 0.1) is 4.92 Å². The second-order valence-corrected chi connectivity index (χ2v) is 5.60. The van der Waals surface area contributed by atoms with Crippen LogP contribution in [0.2, 0.25) is 0 Å². The van der Waals surface area contributed by atoms with Crippen LogP contribution >= 0.6 is 0 Å². The SMILES string of the molecule is Cc1cc(OC(F)F)ccc1NC(=O)Cn1nc(C(F)(F)F)c([N+](=O)[O-])c1C. The van der Waals surface area contributed by atoms with Gasteiger partial charge >= 0.3 is 18.5 Å². The number of carbonyl (C=O) groups is 1. The van der Waals surface area contributed by atoms with Crippen molar-refractivity contribution in [1.82, 2.24) is 9.78 Å². The second kappa shape index (κ2) is 7.78. The Bertz CT molecular complexity index is 911. The van der Waals surface area contributed by atoms with E-state index in [4.69, 9.17) is 0 Å². The van der Waals surface area contributed by atoms with Crippen molar-refractivity contribution in [3.05, 3.63) is 45.3 Å². The van der Waals surface area contributed by atoms with E-state index in [9.17, 15) is 36.9 Å². The highest BCUT2D eigenvalue weighted by molar-refractivity contribution is 5.91. The van der Waals surface area contributed by atoms with E-state index in [1.54, 1.807) is 0 Å². The van der Waals surface area contributed by atoms with Crippen molar-refractivity contribution in [1.29, 1.82) is 0 Å². The van der Waals surface area contributed by atoms with E-state index in [0.717, 1.165) is 6.92 Å². The van der Waals surface area contributed by atoms with Crippen LogP contribution in [0.4, 0.5) is 33.3 Å². The lowest BCUT2D eigenvalue weighted by Gasteiger charge is -2.11. The fourth-order valence-electron chi connectivity index (χ4n) is 2.38. The first-order chi connectivity index (χ1) is 12.9. The minimum absolute atomic E-state index is 0.140. The number of nitrogens with one attached hydrogen (secondary N) is 1. The Hall–Kier alpha value is -3.25. The molecule has 1 heterocycles. The average Bonchev–Trinajstić information content (AvgIpc) is 2.86. The number of hydrogen-bond acceptors (Lipinski definition) is 5. The van der Waals surface area contributed by atoms with Crippen molar-refractivity contribution in [3.8, 4) is 5.75 Å². The van der Waals surface area contributed by atoms with Gasteiger partial charge in [0.1, 0.15) is 18.0 Å². The van der Waals surface area contributed by atoms with Gasteiger partial charge in [-0.2, -0.15) is 27.1 Å². The van der Waals surface area contributed by atoms with Gasteiger partial charge in [0, 0.05) is 5.69 Å². The first kappa shape index (κ1) is 21.1. The summed E-state index contributed by atoms with van der Waals surface area (Å²) in [4.78, 5) is 21.8. The number of halogens is 5. The van der Waals surface area contributed by atoms with E-state index in [-0.39, 0.29) is 11.4 Å². The van der Waals surface area contributed by atoms with Crippen LogP contribution in [0, 0.1) is 24.0 Å². The zero-order chi connectivity index (χ0) is 21.2. The molecule has 0 fully saturated rings. The molecule has 152 valence electrons. The lowest BCUT2D eigenvalue weighted by atomic mass is 10.2. The number of alkyl halides is 5. The van der Waals surface area contributed by atoms with Gasteiger partial charge in [-0.15, -0.1) is 0 Å². The predicted octanol–water partition coefficient (Wildman–Crippen LogP) is 3.67. The summed E-state index contributed by atoms with van der Waals surface area (Å²) in [5.41, 5.74) is -2.82. The smallest absolute Gasteiger partial charge is 0.435 e. The molecule has 28 heavy (non-hydrogen) atoms. The number of benzene rings is 1. The van der Waals surface area contributed by atoms with Crippen molar-refractivity contribution >= 4 is 17.3 Å². The van der Waals surface area contributed by atoms with Gasteiger partial charge in [-0.1, -0.05) is 0 Å². The molecule has 0 aliphatic carbocycles. The van der Waals surface area contributed by atoms with Gasteiger partial charge in [0.15, 0.2) is 0 Å². The normalized spacial score (nSPS) is 11.6. The van der Waals surface area contributed by atoms with Crippen molar-refractivity contribution in [3.63, 3.8) is 0 Å². The fourth-order valence-corrected chi connectivity index (χ4v) is 2.38. The minimum atomic E-state index is -5.06. The highest BCUT2D eigenvalue weighted by atomic mass is 19.4. The molecule has 0 radical (unpaired) electrons. The number of carbonyl (C=O) groups excluding carboxylic acids is 1. The van der Waals surface area contributed by atoms with Gasteiger partial charge in [-0.05, 0) is 37.6 Å². The zero-order valence-corrected chi connectivity index (χ0v) is 14.4. The number of anilines is 1. The topological polar surface area (TPSA) is 99.3 Å². The van der Waals surface area contributed by atoms with E-state index in [2.05, 4.69) is 15.2 Å². The summed E-state index contributed by atoms with van der Waals surface area (Å²) in [6.45, 7) is -1.23. The van der Waals surface area contributed by atoms with Crippen molar-refractivity contribution in [2.45, 2.75) is 33.2 Å². The van der Waals surface area contributed by atoms with Crippen LogP contribution in [0.25, 0.3) is 0 Å². The molecule has 0 saturated carbocycles. The average molecular weight is 408 g/mol. The molecule has 1 amide bonds. The molecule has 1 N–H and O–H groups in total. The predicted molar refractivity (Wildman–Crippen MR) is 85.1 cm³/mol. The summed E-state index contributed by atoms with van der Waals surface area (Å²) in [6, 6.07) is 3.67. The Labute approximate surface area is 154 Å². The lowest BCUT2D eigenvalue weighted by Crippen LogP contribution is -2.21. The molecule has 0 bridgehead atoms. The molecule has 0 unspecified atom stereocenters. The van der Waals surface area contributed by atoms with E-state index in [1.807, 2.05) is 0 Å². The Balaban J connectivity index is 2.21. The monoisotopic (exact) mass is 408 g/mol. The number of aryl methyl sites for hydroxylation is 1. The summed E-state index contributed by atoms with van der Waals surface area (Å²) in [7, 11) is 0. The minimum Gasteiger partial charge on any atom is -0.435 e. The molecule has 1 aromatic carbocycles. The van der Waals surface area contributed by atoms with Crippen molar-refractivity contribution in [2.24, 2.45) is 0 Å². The van der Waals surface area contributed by atoms with Crippen molar-refractivity contribution in [2.75, 3.05) is 5.32 Å². The highest BCUT2D eigenvalue weighted by Gasteiger charge is 2.44. The molecule has 1 aromatic heterocycles. The molecule has 0 saturated heterocycles. The highest BCUT2D eigenvalue weighted by Crippen LogP contribution is 2.36. The quantitative estimate of drug-likeness (QED) is 0.447. The van der Waals surface area contributed by atoms with Gasteiger partial charge in [0.25, 0.3) is 0 Å². The number of ether oxygens (including phenoxy) is 1. The Morgan fingerprint density at radius 2 is 2.00 bits per heavy atom. The van der Waals surface area contributed by atoms with Crippen molar-refractivity contribution < 1.29 is 36.4 Å². The zero-order valence-electron chi connectivity index (χ0n) is 14.4. The third-order valence-electron chi connectivity index (χ3n) is 3.62. The Morgan fingerprint density at radius 1 is 1.36 bits per heavy atom. The molecule has 0 spiro atoms. The van der Waals surface area contributed by atoms with Gasteiger partial charge in [0.2, 0.25) is 11.6 Å². The second-order valence-electron chi connectivity index (χ2n) is 5.60. The first-order valence-corrected chi connectivity index (χ1v) is 7.54. The molecule has 0 aliphatic rings. The number of rotatable bonds is 6. The van der Waals surface area contributed by atoms with Crippen LogP contribution < -0.4 is 10.1 Å². The molecule has 13 heteroatoms. The van der Waals surface area contributed by atoms with Crippen LogP contribution in [0.3, 0.4) is 0 Å². The van der Waals surface area contributed by atoms with E-state index >= 15 is 0 Å². The number of aromatic nitrogens is 2. The standard InChI is InChI=1S/C15H13F5N4O4/c1-7-5-9(28-14(16)17)3-4-10(7)21-11(25)6-23-8(2)12(24(26)27)13(22-23)15(18,19)20/h3-5,14H,6H2,1-2H3,(H,21,25). The maximum Gasteiger partial charge on any atom is 0.442 e. The van der Waals surface area contributed by atoms with Crippen LogP contribution in [0.1, 0.15) is 17.0 Å². The number of hydrogen-bond donors (Lipinski definition) is 1.